The molecule has 0 bridgehead atoms. The van der Waals surface area contributed by atoms with Crippen molar-refractivity contribution in [3.8, 4) is 11.3 Å². The number of anilines is 3. The zero-order chi connectivity index (χ0) is 24.4. The summed E-state index contributed by atoms with van der Waals surface area (Å²) in [6.07, 6.45) is 4.38. The van der Waals surface area contributed by atoms with E-state index in [2.05, 4.69) is 135 Å². The molecule has 0 spiro atoms. The van der Waals surface area contributed by atoms with Gasteiger partial charge in [0.15, 0.2) is 6.20 Å². The molecule has 0 N–H and O–H groups in total. The third-order valence-electron chi connectivity index (χ3n) is 8.55. The van der Waals surface area contributed by atoms with Gasteiger partial charge in [0.1, 0.15) is 0 Å². The van der Waals surface area contributed by atoms with Gasteiger partial charge < -0.3 is 4.90 Å². The van der Waals surface area contributed by atoms with E-state index in [4.69, 9.17) is 0 Å². The first kappa shape index (κ1) is 21.9. The van der Waals surface area contributed by atoms with Crippen LogP contribution in [0.1, 0.15) is 43.4 Å². The molecule has 0 amide bonds. The molecule has 2 aliphatic rings. The second-order valence-electron chi connectivity index (χ2n) is 10.1. The van der Waals surface area contributed by atoms with E-state index in [1.54, 1.807) is 0 Å². The van der Waals surface area contributed by atoms with Crippen molar-refractivity contribution >= 4 is 17.1 Å². The average Bonchev–Trinajstić information content (AvgIpc) is 3.46. The van der Waals surface area contributed by atoms with Crippen LogP contribution < -0.4 is 9.47 Å². The van der Waals surface area contributed by atoms with Crippen LogP contribution in [0.15, 0.2) is 103 Å². The van der Waals surface area contributed by atoms with Gasteiger partial charge in [-0.1, -0.05) is 61.9 Å². The Bertz CT molecular complexity index is 1400. The maximum absolute atomic E-state index is 4.63. The molecule has 174 valence electrons. The van der Waals surface area contributed by atoms with Crippen LogP contribution in [0.3, 0.4) is 0 Å². The number of fused-ring (bicyclic) bond motifs is 6. The van der Waals surface area contributed by atoms with Crippen LogP contribution in [0.25, 0.3) is 11.3 Å². The normalized spacial score (nSPS) is 21.7. The van der Waals surface area contributed by atoms with E-state index < -0.39 is 0 Å². The molecule has 2 atom stereocenters. The van der Waals surface area contributed by atoms with Crippen molar-refractivity contribution in [1.82, 2.24) is 0 Å². The van der Waals surface area contributed by atoms with Crippen molar-refractivity contribution < 1.29 is 4.57 Å². The number of benzene rings is 3. The minimum atomic E-state index is -0.0134. The molecule has 2 heteroatoms. The Morgan fingerprint density at radius 3 is 1.91 bits per heavy atom. The fourth-order valence-electron chi connectivity index (χ4n) is 6.78. The van der Waals surface area contributed by atoms with Crippen molar-refractivity contribution in [2.75, 3.05) is 4.90 Å². The predicted octanol–water partition coefficient (Wildman–Crippen LogP) is 8.06. The summed E-state index contributed by atoms with van der Waals surface area (Å²) >= 11 is 0. The van der Waals surface area contributed by atoms with Gasteiger partial charge in [-0.15, -0.1) is 0 Å². The van der Waals surface area contributed by atoms with Crippen molar-refractivity contribution in [3.63, 3.8) is 0 Å². The lowest BCUT2D eigenvalue weighted by atomic mass is 9.79. The summed E-state index contributed by atoms with van der Waals surface area (Å²) in [6, 6.07) is 31.3. The van der Waals surface area contributed by atoms with E-state index in [0.29, 0.717) is 0 Å². The van der Waals surface area contributed by atoms with Gasteiger partial charge in [0.25, 0.3) is 0 Å². The third kappa shape index (κ3) is 2.80. The van der Waals surface area contributed by atoms with Gasteiger partial charge in [-0.05, 0) is 68.3 Å². The Hall–Kier alpha value is -3.65. The second kappa shape index (κ2) is 7.68. The van der Waals surface area contributed by atoms with Gasteiger partial charge in [0, 0.05) is 41.2 Å². The minimum Gasteiger partial charge on any atom is -0.310 e. The number of hydrogen-bond acceptors (Lipinski definition) is 1. The number of nitrogens with zero attached hydrogens (tertiary/aromatic N) is 2. The number of allylic oxidation sites excluding steroid dienone is 1. The zero-order valence-electron chi connectivity index (χ0n) is 21.2. The lowest BCUT2D eigenvalue weighted by Gasteiger charge is -2.30. The molecule has 1 fully saturated rings. The molecule has 1 aliphatic carbocycles. The molecule has 1 aromatic heterocycles. The SMILES string of the molecule is C=C1C2(CC)c3ccc(N(c4ccc(C)cc4)c4ccc(C)cc4)cc3-c3cccc[n+]3C12CC. The molecule has 0 saturated heterocycles. The van der Waals surface area contributed by atoms with Crippen molar-refractivity contribution in [2.45, 2.75) is 51.5 Å². The van der Waals surface area contributed by atoms with E-state index in [-0.39, 0.29) is 11.0 Å². The smallest absolute Gasteiger partial charge is 0.213 e. The molecular formula is C33H33N2+. The second-order valence-corrected chi connectivity index (χ2v) is 10.1. The van der Waals surface area contributed by atoms with E-state index in [0.717, 1.165) is 12.8 Å². The van der Waals surface area contributed by atoms with E-state index >= 15 is 0 Å². The minimum absolute atomic E-state index is 0.00712. The first-order valence-corrected chi connectivity index (χ1v) is 12.8. The number of hydrogen-bond donors (Lipinski definition) is 0. The fraction of sp³-hybridized carbons (Fsp3) is 0.242. The predicted molar refractivity (Wildman–Crippen MR) is 146 cm³/mol. The summed E-state index contributed by atoms with van der Waals surface area (Å²) in [7, 11) is 0. The summed E-state index contributed by atoms with van der Waals surface area (Å²) in [5, 5.41) is 0. The van der Waals surface area contributed by atoms with Crippen molar-refractivity contribution in [2.24, 2.45) is 0 Å². The van der Waals surface area contributed by atoms with Gasteiger partial charge in [-0.25, -0.2) is 0 Å². The summed E-state index contributed by atoms with van der Waals surface area (Å²) < 4.78 is 2.51. The molecule has 0 radical (unpaired) electrons. The number of pyridine rings is 1. The van der Waals surface area contributed by atoms with Gasteiger partial charge in [-0.2, -0.15) is 4.57 Å². The molecule has 3 aromatic carbocycles. The Morgan fingerprint density at radius 2 is 1.34 bits per heavy atom. The zero-order valence-corrected chi connectivity index (χ0v) is 21.2. The molecular weight excluding hydrogens is 424 g/mol. The van der Waals surface area contributed by atoms with Crippen LogP contribution in [0.2, 0.25) is 0 Å². The largest absolute Gasteiger partial charge is 0.310 e. The van der Waals surface area contributed by atoms with Crippen LogP contribution in [-0.2, 0) is 11.0 Å². The van der Waals surface area contributed by atoms with Crippen LogP contribution in [-0.4, -0.2) is 0 Å². The quantitative estimate of drug-likeness (QED) is 0.217. The van der Waals surface area contributed by atoms with Crippen LogP contribution in [0.5, 0.6) is 0 Å². The highest BCUT2D eigenvalue weighted by Crippen LogP contribution is 2.71. The Morgan fingerprint density at radius 1 is 0.743 bits per heavy atom. The molecule has 1 saturated carbocycles. The summed E-state index contributed by atoms with van der Waals surface area (Å²) in [6.45, 7) is 13.5. The third-order valence-corrected chi connectivity index (χ3v) is 8.55. The molecule has 4 aromatic rings. The summed E-state index contributed by atoms with van der Waals surface area (Å²) in [5.74, 6) is 0. The van der Waals surface area contributed by atoms with E-state index in [1.165, 1.54) is 50.6 Å². The molecule has 6 rings (SSSR count). The first-order valence-electron chi connectivity index (χ1n) is 12.8. The van der Waals surface area contributed by atoms with Gasteiger partial charge in [-0.3, -0.25) is 0 Å². The monoisotopic (exact) mass is 457 g/mol. The van der Waals surface area contributed by atoms with Gasteiger partial charge in [0.05, 0.1) is 11.0 Å². The Labute approximate surface area is 209 Å². The molecule has 1 aliphatic heterocycles. The van der Waals surface area contributed by atoms with Crippen molar-refractivity contribution in [3.05, 3.63) is 120 Å². The Kier molecular flexibility index (Phi) is 4.79. The summed E-state index contributed by atoms with van der Waals surface area (Å²) in [4.78, 5) is 2.37. The highest BCUT2D eigenvalue weighted by molar-refractivity contribution is 5.83. The maximum atomic E-state index is 4.63. The lowest BCUT2D eigenvalue weighted by Crippen LogP contribution is -2.54. The molecule has 2 unspecified atom stereocenters. The topological polar surface area (TPSA) is 7.12 Å². The van der Waals surface area contributed by atoms with Crippen LogP contribution in [0.4, 0.5) is 17.1 Å². The Balaban J connectivity index is 1.59. The van der Waals surface area contributed by atoms with E-state index in [1.807, 2.05) is 0 Å². The molecule has 2 nitrogen and oxygen atoms in total. The number of aromatic nitrogens is 1. The summed E-state index contributed by atoms with van der Waals surface area (Å²) in [5.41, 5.74) is 11.4. The maximum Gasteiger partial charge on any atom is 0.213 e. The van der Waals surface area contributed by atoms with Crippen LogP contribution in [0, 0.1) is 13.8 Å². The van der Waals surface area contributed by atoms with Crippen molar-refractivity contribution in [1.29, 1.82) is 0 Å². The number of rotatable bonds is 5. The highest BCUT2D eigenvalue weighted by atomic mass is 15.2. The molecule has 2 heterocycles. The van der Waals surface area contributed by atoms with Crippen LogP contribution >= 0.6 is 0 Å². The average molecular weight is 458 g/mol. The van der Waals surface area contributed by atoms with Gasteiger partial charge in [0.2, 0.25) is 11.2 Å². The first-order chi connectivity index (χ1) is 17.0. The number of aryl methyl sites for hydroxylation is 2. The van der Waals surface area contributed by atoms with Gasteiger partial charge >= 0.3 is 0 Å². The lowest BCUT2D eigenvalue weighted by molar-refractivity contribution is -0.731. The standard InChI is InChI=1S/C33H33N2/c1-6-32-25(5)33(32,7-2)34-21-9-8-10-31(34)29-22-28(19-20-30(29)32)35(26-15-11-23(3)12-16-26)27-17-13-24(4)14-18-27/h8-22H,5-7H2,1-4H3/q+1. The fourth-order valence-corrected chi connectivity index (χ4v) is 6.78. The van der Waals surface area contributed by atoms with E-state index in [9.17, 15) is 0 Å². The molecule has 35 heavy (non-hydrogen) atoms. The highest BCUT2D eigenvalue weighted by Gasteiger charge is 2.80.